The first-order valence-electron chi connectivity index (χ1n) is 6.52. The van der Waals surface area contributed by atoms with E-state index in [1.54, 1.807) is 0 Å². The summed E-state index contributed by atoms with van der Waals surface area (Å²) in [6.07, 6.45) is 0. The third-order valence-electron chi connectivity index (χ3n) is 2.95. The van der Waals surface area contributed by atoms with Crippen molar-refractivity contribution in [3.8, 4) is 5.75 Å². The van der Waals surface area contributed by atoms with Crippen LogP contribution in [-0.2, 0) is 6.54 Å². The van der Waals surface area contributed by atoms with Gasteiger partial charge in [-0.1, -0.05) is 12.1 Å². The van der Waals surface area contributed by atoms with E-state index in [0.29, 0.717) is 12.4 Å². The number of hydrogen-bond donors (Lipinski definition) is 1. The Morgan fingerprint density at radius 1 is 1.10 bits per heavy atom. The van der Waals surface area contributed by atoms with Gasteiger partial charge >= 0.3 is 0 Å². The van der Waals surface area contributed by atoms with Gasteiger partial charge in [0.25, 0.3) is 0 Å². The van der Waals surface area contributed by atoms with Crippen LogP contribution in [0.15, 0.2) is 36.4 Å². The summed E-state index contributed by atoms with van der Waals surface area (Å²) in [5.74, 6) is -0.422. The number of rotatable bonds is 5. The molecule has 20 heavy (non-hydrogen) atoms. The van der Waals surface area contributed by atoms with Crippen LogP contribution in [-0.4, -0.2) is 6.61 Å². The lowest BCUT2D eigenvalue weighted by Gasteiger charge is -2.14. The van der Waals surface area contributed by atoms with E-state index in [-0.39, 0.29) is 12.1 Å². The van der Waals surface area contributed by atoms with Gasteiger partial charge in [-0.15, -0.1) is 0 Å². The van der Waals surface area contributed by atoms with Gasteiger partial charge in [-0.05, 0) is 43.7 Å². The third-order valence-corrected chi connectivity index (χ3v) is 2.95. The van der Waals surface area contributed by atoms with Gasteiger partial charge in [-0.2, -0.15) is 0 Å². The number of benzene rings is 2. The minimum Gasteiger partial charge on any atom is -0.492 e. The van der Waals surface area contributed by atoms with Gasteiger partial charge in [0.15, 0.2) is 0 Å². The lowest BCUT2D eigenvalue weighted by atomic mass is 10.1. The van der Waals surface area contributed by atoms with Gasteiger partial charge < -0.3 is 10.1 Å². The molecule has 106 valence electrons. The van der Waals surface area contributed by atoms with Crippen LogP contribution in [0.5, 0.6) is 5.75 Å². The molecule has 1 N–H and O–H groups in total. The Labute approximate surface area is 117 Å². The lowest BCUT2D eigenvalue weighted by Crippen LogP contribution is -2.06. The molecule has 4 heteroatoms. The van der Waals surface area contributed by atoms with E-state index in [9.17, 15) is 8.78 Å². The van der Waals surface area contributed by atoms with E-state index in [1.165, 1.54) is 18.2 Å². The van der Waals surface area contributed by atoms with Crippen molar-refractivity contribution in [2.75, 3.05) is 11.9 Å². The Kier molecular flexibility index (Phi) is 4.56. The zero-order valence-corrected chi connectivity index (χ0v) is 11.5. The highest BCUT2D eigenvalue weighted by atomic mass is 19.1. The van der Waals surface area contributed by atoms with Crippen LogP contribution in [0.2, 0.25) is 0 Å². The van der Waals surface area contributed by atoms with Crippen LogP contribution < -0.4 is 10.1 Å². The molecule has 2 aromatic carbocycles. The molecule has 0 radical (unpaired) electrons. The van der Waals surface area contributed by atoms with Crippen molar-refractivity contribution in [3.05, 3.63) is 59.2 Å². The topological polar surface area (TPSA) is 21.3 Å². The smallest absolute Gasteiger partial charge is 0.142 e. The molecule has 2 aromatic rings. The molecule has 0 aliphatic heterocycles. The SMILES string of the molecule is CCOc1cc(C)ccc1NCc1c(F)cccc1F. The molecular formula is C16H17F2NO. The number of halogens is 2. The average Bonchev–Trinajstić information content (AvgIpc) is 2.40. The van der Waals surface area contributed by atoms with E-state index in [0.717, 1.165) is 11.3 Å². The highest BCUT2D eigenvalue weighted by Gasteiger charge is 2.09. The Balaban J connectivity index is 2.18. The van der Waals surface area contributed by atoms with Crippen LogP contribution in [0.1, 0.15) is 18.1 Å². The Morgan fingerprint density at radius 3 is 2.45 bits per heavy atom. The Hall–Kier alpha value is -2.10. The molecule has 0 unspecified atom stereocenters. The summed E-state index contributed by atoms with van der Waals surface area (Å²) in [6.45, 7) is 4.46. The standard InChI is InChI=1S/C16H17F2NO/c1-3-20-16-9-11(2)7-8-15(16)19-10-12-13(17)5-4-6-14(12)18/h4-9,19H,3,10H2,1-2H3. The maximum atomic E-state index is 13.6. The first kappa shape index (κ1) is 14.3. The summed E-state index contributed by atoms with van der Waals surface area (Å²) in [7, 11) is 0. The highest BCUT2D eigenvalue weighted by Crippen LogP contribution is 2.26. The summed E-state index contributed by atoms with van der Waals surface area (Å²) in [5.41, 5.74) is 1.81. The van der Waals surface area contributed by atoms with Crippen LogP contribution in [0, 0.1) is 18.6 Å². The molecule has 0 heterocycles. The second-order valence-electron chi connectivity index (χ2n) is 4.49. The zero-order valence-electron chi connectivity index (χ0n) is 11.5. The lowest BCUT2D eigenvalue weighted by molar-refractivity contribution is 0.341. The quantitative estimate of drug-likeness (QED) is 0.880. The fourth-order valence-corrected chi connectivity index (χ4v) is 1.94. The van der Waals surface area contributed by atoms with Crippen LogP contribution in [0.4, 0.5) is 14.5 Å². The molecule has 2 rings (SSSR count). The summed E-state index contributed by atoms with van der Waals surface area (Å²) in [4.78, 5) is 0. The number of hydrogen-bond acceptors (Lipinski definition) is 2. The van der Waals surface area contributed by atoms with E-state index in [2.05, 4.69) is 5.32 Å². The van der Waals surface area contributed by atoms with E-state index >= 15 is 0 Å². The zero-order chi connectivity index (χ0) is 14.5. The van der Waals surface area contributed by atoms with Gasteiger partial charge in [-0.3, -0.25) is 0 Å². The Morgan fingerprint density at radius 2 is 1.80 bits per heavy atom. The first-order valence-corrected chi connectivity index (χ1v) is 6.52. The summed E-state index contributed by atoms with van der Waals surface area (Å²) in [6, 6.07) is 9.51. The fraction of sp³-hybridized carbons (Fsp3) is 0.250. The summed E-state index contributed by atoms with van der Waals surface area (Å²) >= 11 is 0. The summed E-state index contributed by atoms with van der Waals surface area (Å²) in [5, 5.41) is 3.02. The molecule has 0 atom stereocenters. The third kappa shape index (κ3) is 3.26. The molecular weight excluding hydrogens is 260 g/mol. The Bertz CT molecular complexity index is 579. The van der Waals surface area contributed by atoms with Crippen molar-refractivity contribution in [2.45, 2.75) is 20.4 Å². The molecule has 0 bridgehead atoms. The predicted octanol–water partition coefficient (Wildman–Crippen LogP) is 4.28. The van der Waals surface area contributed by atoms with Crippen LogP contribution in [0.25, 0.3) is 0 Å². The second kappa shape index (κ2) is 6.37. The van der Waals surface area contributed by atoms with Crippen molar-refractivity contribution in [3.63, 3.8) is 0 Å². The van der Waals surface area contributed by atoms with E-state index in [4.69, 9.17) is 4.74 Å². The molecule has 0 saturated heterocycles. The van der Waals surface area contributed by atoms with E-state index < -0.39 is 11.6 Å². The van der Waals surface area contributed by atoms with Gasteiger partial charge in [-0.25, -0.2) is 8.78 Å². The number of ether oxygens (including phenoxy) is 1. The largest absolute Gasteiger partial charge is 0.492 e. The summed E-state index contributed by atoms with van der Waals surface area (Å²) < 4.78 is 32.6. The molecule has 0 aromatic heterocycles. The molecule has 0 amide bonds. The normalized spacial score (nSPS) is 10.4. The average molecular weight is 277 g/mol. The number of anilines is 1. The van der Waals surface area contributed by atoms with Crippen molar-refractivity contribution < 1.29 is 13.5 Å². The second-order valence-corrected chi connectivity index (χ2v) is 4.49. The van der Waals surface area contributed by atoms with Crippen molar-refractivity contribution >= 4 is 5.69 Å². The molecule has 0 spiro atoms. The fourth-order valence-electron chi connectivity index (χ4n) is 1.94. The molecule has 2 nitrogen and oxygen atoms in total. The maximum absolute atomic E-state index is 13.6. The number of aryl methyl sites for hydroxylation is 1. The van der Waals surface area contributed by atoms with Gasteiger partial charge in [0, 0.05) is 12.1 Å². The van der Waals surface area contributed by atoms with Crippen LogP contribution in [0.3, 0.4) is 0 Å². The monoisotopic (exact) mass is 277 g/mol. The molecule has 0 fully saturated rings. The van der Waals surface area contributed by atoms with Gasteiger partial charge in [0.2, 0.25) is 0 Å². The highest BCUT2D eigenvalue weighted by molar-refractivity contribution is 5.58. The minimum atomic E-state index is -0.553. The minimum absolute atomic E-state index is 0.0236. The van der Waals surface area contributed by atoms with Gasteiger partial charge in [0.1, 0.15) is 17.4 Å². The van der Waals surface area contributed by atoms with Gasteiger partial charge in [0.05, 0.1) is 12.3 Å². The molecule has 0 saturated carbocycles. The van der Waals surface area contributed by atoms with Crippen molar-refractivity contribution in [1.29, 1.82) is 0 Å². The maximum Gasteiger partial charge on any atom is 0.142 e. The van der Waals surface area contributed by atoms with E-state index in [1.807, 2.05) is 32.0 Å². The number of nitrogens with one attached hydrogen (secondary N) is 1. The van der Waals surface area contributed by atoms with Crippen molar-refractivity contribution in [2.24, 2.45) is 0 Å². The molecule has 0 aliphatic carbocycles. The van der Waals surface area contributed by atoms with Crippen molar-refractivity contribution in [1.82, 2.24) is 0 Å². The van der Waals surface area contributed by atoms with Crippen LogP contribution >= 0.6 is 0 Å². The first-order chi connectivity index (χ1) is 9.61. The molecule has 0 aliphatic rings. The predicted molar refractivity (Wildman–Crippen MR) is 76.0 cm³/mol.